The van der Waals surface area contributed by atoms with Crippen LogP contribution < -0.4 is 4.90 Å². The van der Waals surface area contributed by atoms with Gasteiger partial charge in [-0.2, -0.15) is 23.5 Å². The maximum absolute atomic E-state index is 12.8. The van der Waals surface area contributed by atoms with Gasteiger partial charge in [0, 0.05) is 24.4 Å². The Bertz CT molecular complexity index is 856. The van der Waals surface area contributed by atoms with Gasteiger partial charge < -0.3 is 4.90 Å². The molecule has 1 saturated heterocycles. The van der Waals surface area contributed by atoms with Gasteiger partial charge in [0.05, 0.1) is 10.7 Å². The Kier molecular flexibility index (Phi) is 5.65. The molecule has 1 unspecified atom stereocenters. The van der Waals surface area contributed by atoms with E-state index in [1.54, 1.807) is 0 Å². The smallest absolute Gasteiger partial charge is 0.353 e. The molecule has 1 aliphatic heterocycles. The van der Waals surface area contributed by atoms with Crippen LogP contribution in [0.4, 0.5) is 19.0 Å². The summed E-state index contributed by atoms with van der Waals surface area (Å²) in [6.07, 6.45) is -1.46. The minimum Gasteiger partial charge on any atom is -0.353 e. The van der Waals surface area contributed by atoms with E-state index < -0.39 is 11.9 Å². The lowest BCUT2D eigenvalue weighted by atomic mass is 9.97. The van der Waals surface area contributed by atoms with Crippen molar-refractivity contribution in [2.75, 3.05) is 18.0 Å². The zero-order valence-corrected chi connectivity index (χ0v) is 16.0. The van der Waals surface area contributed by atoms with Crippen LogP contribution in [0.5, 0.6) is 0 Å². The largest absolute Gasteiger partial charge is 0.434 e. The molecule has 144 valence electrons. The molecule has 0 saturated carbocycles. The lowest BCUT2D eigenvalue weighted by molar-refractivity contribution is -0.140. The van der Waals surface area contributed by atoms with E-state index in [4.69, 9.17) is 0 Å². The first-order valence-corrected chi connectivity index (χ1v) is 9.83. The maximum Gasteiger partial charge on any atom is 0.434 e. The van der Waals surface area contributed by atoms with Crippen LogP contribution in [-0.2, 0) is 19.0 Å². The van der Waals surface area contributed by atoms with E-state index in [2.05, 4.69) is 21.3 Å². The number of hydrogen-bond acceptors (Lipinski definition) is 6. The van der Waals surface area contributed by atoms with Crippen molar-refractivity contribution in [3.8, 4) is 6.07 Å². The maximum atomic E-state index is 12.8. The van der Waals surface area contributed by atoms with Gasteiger partial charge in [0.25, 0.3) is 0 Å². The van der Waals surface area contributed by atoms with Crippen molar-refractivity contribution in [1.29, 1.82) is 5.26 Å². The molecule has 1 fully saturated rings. The number of anilines is 1. The predicted octanol–water partition coefficient (Wildman–Crippen LogP) is 4.33. The molecule has 0 bridgehead atoms. The van der Waals surface area contributed by atoms with Crippen molar-refractivity contribution in [3.63, 3.8) is 0 Å². The molecule has 2 aromatic heterocycles. The third-order valence-corrected chi connectivity index (χ3v) is 5.83. The first kappa shape index (κ1) is 19.5. The fourth-order valence-electron chi connectivity index (χ4n) is 3.48. The summed E-state index contributed by atoms with van der Waals surface area (Å²) in [4.78, 5) is 5.77. The molecule has 0 amide bonds. The summed E-state index contributed by atoms with van der Waals surface area (Å²) in [5.41, 5.74) is 1.42. The van der Waals surface area contributed by atoms with E-state index in [0.29, 0.717) is 42.3 Å². The van der Waals surface area contributed by atoms with Gasteiger partial charge in [-0.1, -0.05) is 13.8 Å². The molecule has 0 N–H and O–H groups in total. The number of rotatable bonds is 4. The van der Waals surface area contributed by atoms with Gasteiger partial charge in [-0.05, 0) is 31.2 Å². The van der Waals surface area contributed by atoms with E-state index in [0.717, 1.165) is 40.8 Å². The van der Waals surface area contributed by atoms with E-state index >= 15 is 0 Å². The Morgan fingerprint density at radius 2 is 2.07 bits per heavy atom. The third kappa shape index (κ3) is 3.90. The number of halogens is 3. The molecule has 3 rings (SSSR count). The minimum atomic E-state index is -4.42. The number of alkyl halides is 3. The summed E-state index contributed by atoms with van der Waals surface area (Å²) < 4.78 is 38.5. The highest BCUT2D eigenvalue weighted by Crippen LogP contribution is 2.36. The Labute approximate surface area is 159 Å². The summed E-state index contributed by atoms with van der Waals surface area (Å²) in [5.74, 6) is 0.424. The second-order valence-corrected chi connectivity index (χ2v) is 7.39. The summed E-state index contributed by atoms with van der Waals surface area (Å²) in [5, 5.41) is 19.8. The highest BCUT2D eigenvalue weighted by atomic mass is 32.1. The molecule has 0 spiro atoms. The molecule has 1 atom stereocenters. The first-order valence-electron chi connectivity index (χ1n) is 8.95. The third-order valence-electron chi connectivity index (χ3n) is 4.82. The number of nitrogens with zero attached hydrogens (tertiary/aromatic N) is 5. The highest BCUT2D eigenvalue weighted by Gasteiger charge is 2.35. The molecule has 5 nitrogen and oxygen atoms in total. The van der Waals surface area contributed by atoms with Crippen LogP contribution in [0, 0.1) is 11.3 Å². The number of piperidine rings is 1. The van der Waals surface area contributed by atoms with Crippen LogP contribution in [0.25, 0.3) is 0 Å². The Morgan fingerprint density at radius 1 is 1.30 bits per heavy atom. The van der Waals surface area contributed by atoms with E-state index in [1.165, 1.54) is 0 Å². The summed E-state index contributed by atoms with van der Waals surface area (Å²) in [7, 11) is 0. The SMILES string of the molecule is CCc1nnc(N2CCCC(c3nc(C(F)(F)F)cs3)C2)c(C#N)c1CC. The highest BCUT2D eigenvalue weighted by molar-refractivity contribution is 7.09. The molecule has 1 aliphatic rings. The lowest BCUT2D eigenvalue weighted by Crippen LogP contribution is -2.36. The number of aromatic nitrogens is 3. The second-order valence-electron chi connectivity index (χ2n) is 6.50. The van der Waals surface area contributed by atoms with Crippen molar-refractivity contribution in [2.24, 2.45) is 0 Å². The molecular weight excluding hydrogens is 375 g/mol. The van der Waals surface area contributed by atoms with Gasteiger partial charge in [-0.25, -0.2) is 4.98 Å². The van der Waals surface area contributed by atoms with Crippen LogP contribution in [0.2, 0.25) is 0 Å². The monoisotopic (exact) mass is 395 g/mol. The quantitative estimate of drug-likeness (QED) is 0.771. The van der Waals surface area contributed by atoms with Gasteiger partial charge in [0.2, 0.25) is 0 Å². The number of hydrogen-bond donors (Lipinski definition) is 0. The Hall–Kier alpha value is -2.21. The fraction of sp³-hybridized carbons (Fsp3) is 0.556. The fourth-order valence-corrected chi connectivity index (χ4v) is 4.43. The molecular formula is C18H20F3N5S. The average molecular weight is 395 g/mol. The average Bonchev–Trinajstić information content (AvgIpc) is 3.17. The van der Waals surface area contributed by atoms with Gasteiger partial charge >= 0.3 is 6.18 Å². The molecule has 0 aromatic carbocycles. The molecule has 0 radical (unpaired) electrons. The Morgan fingerprint density at radius 3 is 2.67 bits per heavy atom. The first-order chi connectivity index (χ1) is 12.9. The molecule has 9 heteroatoms. The number of aryl methyl sites for hydroxylation is 1. The van der Waals surface area contributed by atoms with Crippen LogP contribution in [0.1, 0.15) is 60.1 Å². The number of thiazole rings is 1. The lowest BCUT2D eigenvalue weighted by Gasteiger charge is -2.33. The number of nitriles is 1. The van der Waals surface area contributed by atoms with Crippen molar-refractivity contribution < 1.29 is 13.2 Å². The van der Waals surface area contributed by atoms with Crippen LogP contribution >= 0.6 is 11.3 Å². The molecule has 3 heterocycles. The second kappa shape index (κ2) is 7.80. The molecule has 27 heavy (non-hydrogen) atoms. The Balaban J connectivity index is 1.89. The van der Waals surface area contributed by atoms with E-state index in [9.17, 15) is 18.4 Å². The minimum absolute atomic E-state index is 0.107. The zero-order valence-electron chi connectivity index (χ0n) is 15.2. The standard InChI is InChI=1S/C18H20F3N5S/c1-3-12-13(8-22)16(25-24-14(12)4-2)26-7-5-6-11(9-26)17-23-15(10-27-17)18(19,20)21/h10-11H,3-7,9H2,1-2H3. The van der Waals surface area contributed by atoms with Crippen LogP contribution in [0.3, 0.4) is 0 Å². The van der Waals surface area contributed by atoms with Crippen molar-refractivity contribution >= 4 is 17.2 Å². The van der Waals surface area contributed by atoms with Gasteiger partial charge in [0.15, 0.2) is 11.5 Å². The predicted molar refractivity (Wildman–Crippen MR) is 96.8 cm³/mol. The molecule has 2 aromatic rings. The van der Waals surface area contributed by atoms with Crippen molar-refractivity contribution in [3.05, 3.63) is 32.9 Å². The van der Waals surface area contributed by atoms with Gasteiger partial charge in [-0.3, -0.25) is 0 Å². The summed E-state index contributed by atoms with van der Waals surface area (Å²) in [6, 6.07) is 2.26. The van der Waals surface area contributed by atoms with Crippen LogP contribution in [0.15, 0.2) is 5.38 Å². The topological polar surface area (TPSA) is 65.7 Å². The van der Waals surface area contributed by atoms with Crippen LogP contribution in [-0.4, -0.2) is 28.3 Å². The van der Waals surface area contributed by atoms with Crippen molar-refractivity contribution in [1.82, 2.24) is 15.2 Å². The summed E-state index contributed by atoms with van der Waals surface area (Å²) >= 11 is 1.05. The molecule has 0 aliphatic carbocycles. The van der Waals surface area contributed by atoms with Crippen molar-refractivity contribution in [2.45, 2.75) is 51.6 Å². The van der Waals surface area contributed by atoms with E-state index in [1.807, 2.05) is 18.7 Å². The van der Waals surface area contributed by atoms with Gasteiger partial charge in [-0.15, -0.1) is 16.4 Å². The summed E-state index contributed by atoms with van der Waals surface area (Å²) in [6.45, 7) is 5.14. The zero-order chi connectivity index (χ0) is 19.6. The van der Waals surface area contributed by atoms with E-state index in [-0.39, 0.29) is 5.92 Å². The van der Waals surface area contributed by atoms with Gasteiger partial charge in [0.1, 0.15) is 11.6 Å². The normalized spacial score (nSPS) is 17.8.